The van der Waals surface area contributed by atoms with Crippen molar-refractivity contribution in [1.29, 1.82) is 0 Å². The van der Waals surface area contributed by atoms with Crippen molar-refractivity contribution in [1.82, 2.24) is 4.90 Å². The van der Waals surface area contributed by atoms with E-state index in [0.717, 1.165) is 19.1 Å². The van der Waals surface area contributed by atoms with Crippen LogP contribution in [0.5, 0.6) is 0 Å². The number of amides is 1. The highest BCUT2D eigenvalue weighted by Gasteiger charge is 2.39. The van der Waals surface area contributed by atoms with Crippen molar-refractivity contribution in [3.63, 3.8) is 0 Å². The van der Waals surface area contributed by atoms with Gasteiger partial charge in [0, 0.05) is 18.9 Å². The monoisotopic (exact) mass is 411 g/mol. The number of carbonyl (C=O) groups excluding carboxylic acids is 2. The maximum absolute atomic E-state index is 12.8. The van der Waals surface area contributed by atoms with Crippen molar-refractivity contribution in [2.45, 2.75) is 44.6 Å². The Balaban J connectivity index is 1.93. The standard InChI is InChI=1S/C20H29NO6S/c1-26-19(22)12-6-11-17-14-18(15-27-28(2,24)25)21(20(17)23)13-7-10-16-8-4-3-5-9-16/h3-5,8-9,17-18H,6-7,10-15H2,1-2H3/t17-,18+/m1/s1. The fourth-order valence-electron chi connectivity index (χ4n) is 3.56. The van der Waals surface area contributed by atoms with Crippen LogP contribution in [0.4, 0.5) is 0 Å². The highest BCUT2D eigenvalue weighted by Crippen LogP contribution is 2.29. The molecule has 7 nitrogen and oxygen atoms in total. The molecule has 0 aromatic heterocycles. The molecule has 2 atom stereocenters. The summed E-state index contributed by atoms with van der Waals surface area (Å²) in [5.41, 5.74) is 1.20. The van der Waals surface area contributed by atoms with Crippen molar-refractivity contribution < 1.29 is 26.9 Å². The lowest BCUT2D eigenvalue weighted by Crippen LogP contribution is -2.38. The molecule has 0 spiro atoms. The van der Waals surface area contributed by atoms with Crippen LogP contribution in [-0.2, 0) is 35.0 Å². The summed E-state index contributed by atoms with van der Waals surface area (Å²) >= 11 is 0. The molecule has 0 N–H and O–H groups in total. The molecule has 1 aromatic rings. The Morgan fingerprint density at radius 2 is 1.93 bits per heavy atom. The summed E-state index contributed by atoms with van der Waals surface area (Å²) in [4.78, 5) is 25.9. The van der Waals surface area contributed by atoms with Gasteiger partial charge in [-0.25, -0.2) is 0 Å². The SMILES string of the molecule is COC(=O)CCC[C@@H]1C[C@@H](COS(C)(=O)=O)N(CCCc2ccccc2)C1=O. The van der Waals surface area contributed by atoms with Gasteiger partial charge in [0.25, 0.3) is 10.1 Å². The van der Waals surface area contributed by atoms with Gasteiger partial charge in [-0.3, -0.25) is 13.8 Å². The van der Waals surface area contributed by atoms with Crippen molar-refractivity contribution >= 4 is 22.0 Å². The van der Waals surface area contributed by atoms with Crippen molar-refractivity contribution in [3.05, 3.63) is 35.9 Å². The quantitative estimate of drug-likeness (QED) is 0.409. The Kier molecular flexibility index (Phi) is 8.44. The minimum absolute atomic E-state index is 0.0139. The predicted octanol–water partition coefficient (Wildman–Crippen LogP) is 2.16. The first-order valence-corrected chi connectivity index (χ1v) is 11.4. The van der Waals surface area contributed by atoms with Crippen LogP contribution < -0.4 is 0 Å². The van der Waals surface area contributed by atoms with Crippen LogP contribution >= 0.6 is 0 Å². The Morgan fingerprint density at radius 1 is 1.21 bits per heavy atom. The number of aryl methyl sites for hydroxylation is 1. The minimum Gasteiger partial charge on any atom is -0.469 e. The third-order valence-electron chi connectivity index (χ3n) is 4.97. The molecule has 0 bridgehead atoms. The minimum atomic E-state index is -3.56. The Bertz CT molecular complexity index is 749. The number of rotatable bonds is 11. The molecule has 8 heteroatoms. The summed E-state index contributed by atoms with van der Waals surface area (Å²) in [6.07, 6.45) is 4.62. The van der Waals surface area contributed by atoms with E-state index in [1.807, 2.05) is 30.3 Å². The number of hydrogen-bond acceptors (Lipinski definition) is 6. The summed E-state index contributed by atoms with van der Waals surface area (Å²) in [7, 11) is -2.22. The molecule has 1 saturated heterocycles. The number of hydrogen-bond donors (Lipinski definition) is 0. The zero-order chi connectivity index (χ0) is 20.6. The van der Waals surface area contributed by atoms with Gasteiger partial charge in [0.2, 0.25) is 5.91 Å². The first-order chi connectivity index (χ1) is 13.3. The van der Waals surface area contributed by atoms with Gasteiger partial charge in [-0.15, -0.1) is 0 Å². The molecular formula is C20H29NO6S. The second kappa shape index (κ2) is 10.6. The first kappa shape index (κ1) is 22.4. The molecule has 0 radical (unpaired) electrons. The smallest absolute Gasteiger partial charge is 0.305 e. The molecule has 1 aliphatic rings. The molecule has 0 aliphatic carbocycles. The lowest BCUT2D eigenvalue weighted by atomic mass is 9.98. The fourth-order valence-corrected chi connectivity index (χ4v) is 3.96. The van der Waals surface area contributed by atoms with Crippen LogP contribution in [0, 0.1) is 5.92 Å². The Hall–Kier alpha value is -1.93. The van der Waals surface area contributed by atoms with E-state index in [9.17, 15) is 18.0 Å². The highest BCUT2D eigenvalue weighted by molar-refractivity contribution is 7.85. The van der Waals surface area contributed by atoms with E-state index in [4.69, 9.17) is 4.18 Å². The van der Waals surface area contributed by atoms with Crippen LogP contribution in [0.25, 0.3) is 0 Å². The van der Waals surface area contributed by atoms with E-state index in [0.29, 0.717) is 25.8 Å². The van der Waals surface area contributed by atoms with Crippen LogP contribution in [0.15, 0.2) is 30.3 Å². The highest BCUT2D eigenvalue weighted by atomic mass is 32.2. The molecule has 1 aliphatic heterocycles. The molecule has 1 heterocycles. The average molecular weight is 412 g/mol. The van der Waals surface area contributed by atoms with Gasteiger partial charge >= 0.3 is 5.97 Å². The largest absolute Gasteiger partial charge is 0.469 e. The van der Waals surface area contributed by atoms with Crippen molar-refractivity contribution in [3.8, 4) is 0 Å². The second-order valence-electron chi connectivity index (χ2n) is 7.16. The maximum Gasteiger partial charge on any atom is 0.305 e. The molecule has 1 amide bonds. The number of carbonyl (C=O) groups is 2. The summed E-state index contributed by atoms with van der Waals surface area (Å²) in [6.45, 7) is 0.530. The molecule has 0 saturated carbocycles. The molecule has 28 heavy (non-hydrogen) atoms. The summed E-state index contributed by atoms with van der Waals surface area (Å²) < 4.78 is 32.3. The zero-order valence-electron chi connectivity index (χ0n) is 16.5. The zero-order valence-corrected chi connectivity index (χ0v) is 17.3. The molecule has 1 fully saturated rings. The van der Waals surface area contributed by atoms with E-state index in [1.54, 1.807) is 4.90 Å². The van der Waals surface area contributed by atoms with Crippen molar-refractivity contribution in [2.75, 3.05) is 26.5 Å². The van der Waals surface area contributed by atoms with Gasteiger partial charge in [-0.05, 0) is 37.7 Å². The number of ether oxygens (including phenoxy) is 1. The second-order valence-corrected chi connectivity index (χ2v) is 8.81. The van der Waals surface area contributed by atoms with Crippen LogP contribution in [0.2, 0.25) is 0 Å². The lowest BCUT2D eigenvalue weighted by Gasteiger charge is -2.24. The van der Waals surface area contributed by atoms with Gasteiger partial charge < -0.3 is 9.64 Å². The number of benzene rings is 1. The maximum atomic E-state index is 12.8. The number of nitrogens with zero attached hydrogens (tertiary/aromatic N) is 1. The lowest BCUT2D eigenvalue weighted by molar-refractivity contribution is -0.141. The third kappa shape index (κ3) is 7.24. The van der Waals surface area contributed by atoms with Crippen molar-refractivity contribution in [2.24, 2.45) is 5.92 Å². The van der Waals surface area contributed by atoms with Gasteiger partial charge in [0.05, 0.1) is 26.0 Å². The Morgan fingerprint density at radius 3 is 2.57 bits per heavy atom. The topological polar surface area (TPSA) is 90.0 Å². The first-order valence-electron chi connectivity index (χ1n) is 9.56. The molecular weight excluding hydrogens is 382 g/mol. The van der Waals surface area contributed by atoms with E-state index in [-0.39, 0.29) is 36.9 Å². The van der Waals surface area contributed by atoms with E-state index in [1.165, 1.54) is 12.7 Å². The normalized spacial score (nSPS) is 19.8. The van der Waals surface area contributed by atoms with Crippen LogP contribution in [0.1, 0.15) is 37.7 Å². The van der Waals surface area contributed by atoms with Gasteiger partial charge in [-0.2, -0.15) is 8.42 Å². The summed E-state index contributed by atoms with van der Waals surface area (Å²) in [5, 5.41) is 0. The van der Waals surface area contributed by atoms with E-state index >= 15 is 0 Å². The number of esters is 1. The number of methoxy groups -OCH3 is 1. The fraction of sp³-hybridized carbons (Fsp3) is 0.600. The van der Waals surface area contributed by atoms with Crippen LogP contribution in [-0.4, -0.2) is 57.8 Å². The van der Waals surface area contributed by atoms with E-state index < -0.39 is 10.1 Å². The predicted molar refractivity (Wildman–Crippen MR) is 105 cm³/mol. The molecule has 2 rings (SSSR count). The third-order valence-corrected chi connectivity index (χ3v) is 5.54. The molecule has 1 aromatic carbocycles. The average Bonchev–Trinajstić information content (AvgIpc) is 2.96. The van der Waals surface area contributed by atoms with E-state index in [2.05, 4.69) is 4.74 Å². The van der Waals surface area contributed by atoms with Gasteiger partial charge in [0.1, 0.15) is 0 Å². The summed E-state index contributed by atoms with van der Waals surface area (Å²) in [6, 6.07) is 9.76. The summed E-state index contributed by atoms with van der Waals surface area (Å²) in [5.74, 6) is -0.489. The Labute approximate surface area is 167 Å². The van der Waals surface area contributed by atoms with Crippen LogP contribution in [0.3, 0.4) is 0 Å². The van der Waals surface area contributed by atoms with Gasteiger partial charge in [0.15, 0.2) is 0 Å². The number of likely N-dealkylation sites (tertiary alicyclic amines) is 1. The molecule has 0 unspecified atom stereocenters. The van der Waals surface area contributed by atoms with Gasteiger partial charge in [-0.1, -0.05) is 30.3 Å². The molecule has 156 valence electrons.